The number of amides is 1. The summed E-state index contributed by atoms with van der Waals surface area (Å²) in [5.74, 6) is -9.16. The molecular formula is C35H37N3O7. The largest absolute Gasteiger partial charge is 0.507 e. The lowest BCUT2D eigenvalue weighted by Gasteiger charge is -2.54. The number of likely N-dealkylation sites (N-methyl/N-ethyl adjacent to an activating group) is 1. The van der Waals surface area contributed by atoms with Gasteiger partial charge in [0.2, 0.25) is 5.91 Å². The third-order valence-electron chi connectivity index (χ3n) is 9.94. The molecule has 10 nitrogen and oxygen atoms in total. The number of carbonyl (C=O) groups excluding carboxylic acids is 4. The number of Topliss-reactive ketones (excluding diaryl/α,β-unsaturated/α-hetero) is 3. The molecule has 0 spiro atoms. The molecule has 6 rings (SSSR count). The molecule has 7 atom stereocenters. The van der Waals surface area contributed by atoms with E-state index in [0.29, 0.717) is 12.1 Å². The Balaban J connectivity index is 1.32. The van der Waals surface area contributed by atoms with Crippen molar-refractivity contribution in [1.29, 1.82) is 0 Å². The maximum Gasteiger partial charge on any atom is 0.230 e. The zero-order chi connectivity index (χ0) is 32.2. The van der Waals surface area contributed by atoms with Gasteiger partial charge in [-0.3, -0.25) is 19.2 Å². The zero-order valence-electron chi connectivity index (χ0n) is 25.1. The first-order valence-electron chi connectivity index (χ1n) is 15.1. The first-order valence-corrected chi connectivity index (χ1v) is 15.1. The van der Waals surface area contributed by atoms with Crippen LogP contribution >= 0.6 is 0 Å². The number of rotatable bonds is 7. The first kappa shape index (κ1) is 30.8. The molecule has 0 aliphatic heterocycles. The minimum absolute atomic E-state index is 0.00309. The Kier molecular flexibility index (Phi) is 7.94. The van der Waals surface area contributed by atoms with Crippen LogP contribution in [-0.4, -0.2) is 75.3 Å². The van der Waals surface area contributed by atoms with Gasteiger partial charge in [-0.1, -0.05) is 60.7 Å². The van der Waals surface area contributed by atoms with Crippen molar-refractivity contribution in [3.05, 3.63) is 89.0 Å². The molecule has 3 aromatic rings. The molecule has 0 bridgehead atoms. The van der Waals surface area contributed by atoms with Gasteiger partial charge in [-0.15, -0.1) is 0 Å². The van der Waals surface area contributed by atoms with E-state index in [1.807, 2.05) is 42.5 Å². The van der Waals surface area contributed by atoms with Crippen LogP contribution < -0.4 is 11.1 Å². The molecule has 0 heterocycles. The maximum absolute atomic E-state index is 14.0. The molecule has 3 aliphatic carbocycles. The number of benzene rings is 3. The molecule has 45 heavy (non-hydrogen) atoms. The molecule has 0 saturated heterocycles. The van der Waals surface area contributed by atoms with Gasteiger partial charge in [0.15, 0.2) is 23.0 Å². The number of phenolic OH excluding ortho intramolecular Hbond substituents is 1. The molecular weight excluding hydrogens is 574 g/mol. The molecule has 3 aromatic carbocycles. The fourth-order valence-corrected chi connectivity index (χ4v) is 7.84. The topological polar surface area (TPSA) is 170 Å². The zero-order valence-corrected chi connectivity index (χ0v) is 25.1. The maximum atomic E-state index is 14.0. The van der Waals surface area contributed by atoms with E-state index in [0.717, 1.165) is 23.2 Å². The van der Waals surface area contributed by atoms with Crippen LogP contribution in [0.5, 0.6) is 5.75 Å². The van der Waals surface area contributed by atoms with Crippen LogP contribution in [0.15, 0.2) is 66.7 Å². The molecule has 2 saturated carbocycles. The second-order valence-corrected chi connectivity index (χ2v) is 12.7. The molecule has 10 heteroatoms. The molecule has 0 radical (unpaired) electrons. The van der Waals surface area contributed by atoms with Crippen molar-refractivity contribution < 1.29 is 34.5 Å². The fraction of sp³-hybridized carbons (Fsp3) is 0.371. The van der Waals surface area contributed by atoms with Crippen LogP contribution in [0.1, 0.15) is 33.5 Å². The van der Waals surface area contributed by atoms with Crippen LogP contribution in [0.25, 0.3) is 11.1 Å². The lowest BCUT2D eigenvalue weighted by Crippen LogP contribution is -2.75. The lowest BCUT2D eigenvalue weighted by molar-refractivity contribution is -0.190. The van der Waals surface area contributed by atoms with Crippen molar-refractivity contribution in [1.82, 2.24) is 10.2 Å². The summed E-state index contributed by atoms with van der Waals surface area (Å²) in [6.45, 7) is 1.39. The number of aliphatic hydroxyl groups excluding tert-OH is 1. The summed E-state index contributed by atoms with van der Waals surface area (Å²) in [5, 5.41) is 37.1. The molecule has 0 aromatic heterocycles. The van der Waals surface area contributed by atoms with Gasteiger partial charge in [-0.25, -0.2) is 0 Å². The van der Waals surface area contributed by atoms with E-state index in [2.05, 4.69) is 17.4 Å². The fourth-order valence-electron chi connectivity index (χ4n) is 7.84. The molecule has 3 unspecified atom stereocenters. The Morgan fingerprint density at radius 2 is 1.60 bits per heavy atom. The molecule has 1 amide bonds. The van der Waals surface area contributed by atoms with Gasteiger partial charge in [0.25, 0.3) is 0 Å². The number of ketones is 3. The number of nitrogens with zero attached hydrogens (tertiary/aromatic N) is 1. The van der Waals surface area contributed by atoms with Crippen molar-refractivity contribution in [2.24, 2.45) is 29.4 Å². The van der Waals surface area contributed by atoms with E-state index < -0.39 is 64.7 Å². The number of primary amides is 1. The summed E-state index contributed by atoms with van der Waals surface area (Å²) < 4.78 is 0. The first-order chi connectivity index (χ1) is 21.4. The summed E-state index contributed by atoms with van der Waals surface area (Å²) in [4.78, 5) is 55.3. The third-order valence-corrected chi connectivity index (χ3v) is 9.94. The molecule has 3 aliphatic rings. The Labute approximate surface area is 260 Å². The van der Waals surface area contributed by atoms with Crippen LogP contribution in [0.4, 0.5) is 0 Å². The SMILES string of the molecule is CN(C)[C@H]1C(O)C(C(N)=O)C(=O)[C@]2(O)C(=O)C3C(=O)c4c(O)ccc(-c5ccc(CNCc6ccccc6)cc5)c4C[C@@H]3C[C@H]12. The van der Waals surface area contributed by atoms with Crippen LogP contribution in [-0.2, 0) is 33.9 Å². The number of phenols is 1. The lowest BCUT2D eigenvalue weighted by atomic mass is 9.52. The molecule has 6 N–H and O–H groups in total. The van der Waals surface area contributed by atoms with Gasteiger partial charge < -0.3 is 31.3 Å². The van der Waals surface area contributed by atoms with Crippen molar-refractivity contribution in [2.45, 2.75) is 43.7 Å². The van der Waals surface area contributed by atoms with Crippen molar-refractivity contribution in [3.63, 3.8) is 0 Å². The second kappa shape index (κ2) is 11.6. The van der Waals surface area contributed by atoms with Crippen molar-refractivity contribution >= 4 is 23.3 Å². The smallest absolute Gasteiger partial charge is 0.230 e. The van der Waals surface area contributed by atoms with Gasteiger partial charge in [0, 0.05) is 25.0 Å². The minimum Gasteiger partial charge on any atom is -0.507 e. The molecule has 2 fully saturated rings. The number of aliphatic hydroxyl groups is 2. The van der Waals surface area contributed by atoms with Crippen LogP contribution in [0.2, 0.25) is 0 Å². The van der Waals surface area contributed by atoms with Crippen LogP contribution in [0, 0.1) is 23.7 Å². The van der Waals surface area contributed by atoms with Gasteiger partial charge in [0.1, 0.15) is 11.7 Å². The van der Waals surface area contributed by atoms with Gasteiger partial charge in [0.05, 0.1) is 17.6 Å². The highest BCUT2D eigenvalue weighted by Gasteiger charge is 2.69. The Morgan fingerprint density at radius 3 is 2.22 bits per heavy atom. The third kappa shape index (κ3) is 4.98. The van der Waals surface area contributed by atoms with E-state index in [1.165, 1.54) is 11.6 Å². The standard InChI is InChI=1S/C35H37N3O7/c1-38(2)29-24-15-21-14-23-22(20-10-8-19(9-11-20)17-37-16-18-6-4-3-5-7-18)12-13-25(39)27(23)30(40)26(21)32(42)35(24,45)33(43)28(31(29)41)34(36)44/h3-13,21,24,26,28-29,31,37,39,41,45H,14-17H2,1-2H3,(H2,36,44)/t21-,24-,26?,28?,29-,31?,35-/m1/s1. The number of aromatic hydroxyl groups is 1. The normalized spacial score (nSPS) is 29.2. The Hall–Kier alpha value is -4.22. The summed E-state index contributed by atoms with van der Waals surface area (Å²) in [6.07, 6.45) is -1.24. The summed E-state index contributed by atoms with van der Waals surface area (Å²) in [6, 6.07) is 20.2. The van der Waals surface area contributed by atoms with E-state index in [-0.39, 0.29) is 24.2 Å². The molecule has 234 valence electrons. The predicted octanol–water partition coefficient (Wildman–Crippen LogP) is 1.62. The Bertz CT molecular complexity index is 1670. The number of nitrogens with one attached hydrogen (secondary N) is 1. The average Bonchev–Trinajstić information content (AvgIpc) is 3.00. The van der Waals surface area contributed by atoms with Crippen molar-refractivity contribution in [2.75, 3.05) is 14.1 Å². The minimum atomic E-state index is -2.68. The number of hydrogen-bond acceptors (Lipinski definition) is 9. The van der Waals surface area contributed by atoms with E-state index in [4.69, 9.17) is 5.73 Å². The monoisotopic (exact) mass is 611 g/mol. The van der Waals surface area contributed by atoms with E-state index in [1.54, 1.807) is 25.1 Å². The van der Waals surface area contributed by atoms with Gasteiger partial charge in [-0.05, 0) is 66.7 Å². The van der Waals surface area contributed by atoms with E-state index in [9.17, 15) is 34.5 Å². The summed E-state index contributed by atoms with van der Waals surface area (Å²) >= 11 is 0. The van der Waals surface area contributed by atoms with Crippen LogP contribution in [0.3, 0.4) is 0 Å². The number of fused-ring (bicyclic) bond motifs is 3. The number of carbonyl (C=O) groups is 4. The number of hydrogen-bond donors (Lipinski definition) is 5. The van der Waals surface area contributed by atoms with E-state index >= 15 is 0 Å². The quantitative estimate of drug-likeness (QED) is 0.249. The van der Waals surface area contributed by atoms with Gasteiger partial charge in [-0.2, -0.15) is 0 Å². The summed E-state index contributed by atoms with van der Waals surface area (Å²) in [7, 11) is 3.24. The highest BCUT2D eigenvalue weighted by Crippen LogP contribution is 2.52. The highest BCUT2D eigenvalue weighted by molar-refractivity contribution is 6.25. The Morgan fingerprint density at radius 1 is 0.956 bits per heavy atom. The average molecular weight is 612 g/mol. The predicted molar refractivity (Wildman–Crippen MR) is 165 cm³/mol. The van der Waals surface area contributed by atoms with Gasteiger partial charge >= 0.3 is 0 Å². The summed E-state index contributed by atoms with van der Waals surface area (Å²) in [5.41, 5.74) is 7.18. The number of nitrogens with two attached hydrogens (primary N) is 1. The second-order valence-electron chi connectivity index (χ2n) is 12.7. The highest BCUT2D eigenvalue weighted by atomic mass is 16.3. The van der Waals surface area contributed by atoms with Crippen molar-refractivity contribution in [3.8, 4) is 16.9 Å².